The van der Waals surface area contributed by atoms with Crippen LogP contribution in [0.15, 0.2) is 47.5 Å². The molecule has 0 spiro atoms. The predicted molar refractivity (Wildman–Crippen MR) is 121 cm³/mol. The molecule has 8 heteroatoms. The molecule has 2 rings (SSSR count). The molecule has 2 aromatic rings. The number of nitrogens with two attached hydrogens (primary N) is 1. The van der Waals surface area contributed by atoms with Gasteiger partial charge in [-0.1, -0.05) is 12.1 Å². The van der Waals surface area contributed by atoms with E-state index >= 15 is 0 Å². The van der Waals surface area contributed by atoms with Crippen molar-refractivity contribution >= 4 is 29.9 Å². The number of halogens is 1. The Morgan fingerprint density at radius 1 is 1.04 bits per heavy atom. The van der Waals surface area contributed by atoms with E-state index in [0.29, 0.717) is 23.6 Å². The fraction of sp³-hybridized carbons (Fsp3) is 0.350. The van der Waals surface area contributed by atoms with Crippen LogP contribution < -0.4 is 25.3 Å². The molecule has 0 saturated carbocycles. The number of ether oxygens (including phenoxy) is 3. The second-order valence-electron chi connectivity index (χ2n) is 5.87. The molecule has 0 aliphatic carbocycles. The van der Waals surface area contributed by atoms with Gasteiger partial charge in [-0.15, -0.1) is 24.0 Å². The number of nitrogens with one attached hydrogen (secondary N) is 1. The smallest absolute Gasteiger partial charge is 0.188 e. The Hall–Kier alpha value is -2.20. The Morgan fingerprint density at radius 2 is 1.68 bits per heavy atom. The summed E-state index contributed by atoms with van der Waals surface area (Å²) in [5, 5.41) is 13.5. The Balaban J connectivity index is 0.00000392. The Bertz CT molecular complexity index is 754. The summed E-state index contributed by atoms with van der Waals surface area (Å²) < 4.78 is 15.6. The van der Waals surface area contributed by atoms with Gasteiger partial charge in [0.15, 0.2) is 5.96 Å². The molecule has 4 N–H and O–H groups in total. The number of guanidine groups is 1. The summed E-state index contributed by atoms with van der Waals surface area (Å²) in [6, 6.07) is 13.1. The molecular formula is C20H28IN3O4. The molecule has 0 aliphatic rings. The highest BCUT2D eigenvalue weighted by Crippen LogP contribution is 2.29. The summed E-state index contributed by atoms with van der Waals surface area (Å²) in [6.45, 7) is 0.755. The van der Waals surface area contributed by atoms with Gasteiger partial charge >= 0.3 is 0 Å². The van der Waals surface area contributed by atoms with Gasteiger partial charge in [0.1, 0.15) is 23.4 Å². The first kappa shape index (κ1) is 23.8. The molecule has 0 amide bonds. The minimum Gasteiger partial charge on any atom is -0.497 e. The summed E-state index contributed by atoms with van der Waals surface area (Å²) >= 11 is 0. The number of aliphatic hydroxyl groups is 1. The van der Waals surface area contributed by atoms with Gasteiger partial charge < -0.3 is 30.4 Å². The van der Waals surface area contributed by atoms with E-state index in [-0.39, 0.29) is 36.5 Å². The van der Waals surface area contributed by atoms with E-state index in [0.717, 1.165) is 17.7 Å². The van der Waals surface area contributed by atoms with Gasteiger partial charge in [0.05, 0.1) is 27.9 Å². The zero-order valence-electron chi connectivity index (χ0n) is 16.3. The van der Waals surface area contributed by atoms with Crippen molar-refractivity contribution in [3.05, 3.63) is 53.6 Å². The highest BCUT2D eigenvalue weighted by Gasteiger charge is 2.14. The largest absolute Gasteiger partial charge is 0.497 e. The molecule has 0 aliphatic heterocycles. The highest BCUT2D eigenvalue weighted by molar-refractivity contribution is 14.0. The van der Waals surface area contributed by atoms with Crippen molar-refractivity contribution in [3.63, 3.8) is 0 Å². The topological polar surface area (TPSA) is 98.3 Å². The van der Waals surface area contributed by atoms with E-state index in [2.05, 4.69) is 10.3 Å². The number of hydrogen-bond acceptors (Lipinski definition) is 5. The molecule has 154 valence electrons. The number of benzene rings is 2. The van der Waals surface area contributed by atoms with E-state index in [1.165, 1.54) is 0 Å². The Labute approximate surface area is 182 Å². The maximum atomic E-state index is 10.4. The number of hydrogen-bond donors (Lipinski definition) is 3. The summed E-state index contributed by atoms with van der Waals surface area (Å²) in [5.74, 6) is 2.32. The van der Waals surface area contributed by atoms with E-state index in [1.54, 1.807) is 39.5 Å². The molecule has 0 heterocycles. The van der Waals surface area contributed by atoms with E-state index in [9.17, 15) is 5.11 Å². The van der Waals surface area contributed by atoms with Crippen LogP contribution in [0.25, 0.3) is 0 Å². The zero-order chi connectivity index (χ0) is 19.6. The van der Waals surface area contributed by atoms with Crippen LogP contribution in [0.3, 0.4) is 0 Å². The first-order chi connectivity index (χ1) is 13.1. The molecule has 0 saturated heterocycles. The maximum Gasteiger partial charge on any atom is 0.188 e. The fourth-order valence-corrected chi connectivity index (χ4v) is 2.57. The lowest BCUT2D eigenvalue weighted by Crippen LogP contribution is -2.33. The van der Waals surface area contributed by atoms with E-state index in [4.69, 9.17) is 19.9 Å². The maximum absolute atomic E-state index is 10.4. The van der Waals surface area contributed by atoms with Crippen molar-refractivity contribution in [3.8, 4) is 17.2 Å². The molecule has 1 atom stereocenters. The second-order valence-corrected chi connectivity index (χ2v) is 5.87. The van der Waals surface area contributed by atoms with Gasteiger partial charge in [0.25, 0.3) is 0 Å². The first-order valence-corrected chi connectivity index (χ1v) is 8.64. The van der Waals surface area contributed by atoms with Crippen molar-refractivity contribution in [1.82, 2.24) is 5.32 Å². The Kier molecular flexibility index (Phi) is 10.5. The van der Waals surface area contributed by atoms with Gasteiger partial charge in [0, 0.05) is 12.1 Å². The van der Waals surface area contributed by atoms with Gasteiger partial charge in [0.2, 0.25) is 0 Å². The molecule has 0 bridgehead atoms. The van der Waals surface area contributed by atoms with Gasteiger partial charge in [-0.2, -0.15) is 0 Å². The fourth-order valence-electron chi connectivity index (χ4n) is 2.57. The van der Waals surface area contributed by atoms with Crippen molar-refractivity contribution in [2.24, 2.45) is 10.7 Å². The number of methoxy groups -OCH3 is 3. The number of rotatable bonds is 9. The Morgan fingerprint density at radius 3 is 2.29 bits per heavy atom. The summed E-state index contributed by atoms with van der Waals surface area (Å²) in [6.07, 6.45) is -0.0519. The van der Waals surface area contributed by atoms with Crippen molar-refractivity contribution < 1.29 is 19.3 Å². The number of aliphatic imine (C=N–C) groups is 1. The van der Waals surface area contributed by atoms with Crippen LogP contribution in [0.2, 0.25) is 0 Å². The van der Waals surface area contributed by atoms with Crippen LogP contribution in [-0.4, -0.2) is 45.5 Å². The van der Waals surface area contributed by atoms with Crippen LogP contribution in [0, 0.1) is 0 Å². The lowest BCUT2D eigenvalue weighted by atomic mass is 10.1. The number of aliphatic hydroxyl groups excluding tert-OH is 1. The van der Waals surface area contributed by atoms with Crippen molar-refractivity contribution in [2.75, 3.05) is 34.4 Å². The monoisotopic (exact) mass is 501 g/mol. The van der Waals surface area contributed by atoms with Gasteiger partial charge in [-0.3, -0.25) is 4.99 Å². The average molecular weight is 501 g/mol. The van der Waals surface area contributed by atoms with Gasteiger partial charge in [-0.05, 0) is 42.3 Å². The zero-order valence-corrected chi connectivity index (χ0v) is 18.7. The van der Waals surface area contributed by atoms with Crippen LogP contribution >= 0.6 is 24.0 Å². The third-order valence-corrected chi connectivity index (χ3v) is 4.11. The van der Waals surface area contributed by atoms with Crippen molar-refractivity contribution in [1.29, 1.82) is 0 Å². The lowest BCUT2D eigenvalue weighted by molar-refractivity contribution is 0.182. The molecule has 1 unspecified atom stereocenters. The van der Waals surface area contributed by atoms with Crippen LogP contribution in [0.5, 0.6) is 17.2 Å². The minimum absolute atomic E-state index is 0. The predicted octanol–water partition coefficient (Wildman–Crippen LogP) is 2.51. The first-order valence-electron chi connectivity index (χ1n) is 8.64. The highest BCUT2D eigenvalue weighted by atomic mass is 127. The van der Waals surface area contributed by atoms with E-state index < -0.39 is 6.10 Å². The molecule has 28 heavy (non-hydrogen) atoms. The summed E-state index contributed by atoms with van der Waals surface area (Å²) in [4.78, 5) is 4.21. The summed E-state index contributed by atoms with van der Waals surface area (Å²) in [5.41, 5.74) is 7.66. The van der Waals surface area contributed by atoms with Crippen LogP contribution in [0.1, 0.15) is 17.2 Å². The van der Waals surface area contributed by atoms with Gasteiger partial charge in [-0.25, -0.2) is 0 Å². The average Bonchev–Trinajstić information content (AvgIpc) is 2.72. The van der Waals surface area contributed by atoms with Crippen molar-refractivity contribution in [2.45, 2.75) is 12.5 Å². The quantitative estimate of drug-likeness (QED) is 0.278. The third-order valence-electron chi connectivity index (χ3n) is 4.11. The van der Waals surface area contributed by atoms with E-state index in [1.807, 2.05) is 24.3 Å². The molecular weight excluding hydrogens is 473 g/mol. The molecule has 0 fully saturated rings. The number of nitrogens with zero attached hydrogens (tertiary/aromatic N) is 1. The normalized spacial score (nSPS) is 11.9. The molecule has 7 nitrogen and oxygen atoms in total. The second kappa shape index (κ2) is 12.3. The SMILES string of the molecule is COc1ccc(CCNC(N)=NCC(O)c2cc(OC)ccc2OC)cc1.I. The minimum atomic E-state index is -0.850. The molecule has 0 radical (unpaired) electrons. The van der Waals surface area contributed by atoms with Crippen LogP contribution in [0.4, 0.5) is 0 Å². The standard InChI is InChI=1S/C20H27N3O4.HI/c1-25-15-6-4-14(5-7-15)10-11-22-20(21)23-13-18(24)17-12-16(26-2)8-9-19(17)27-3;/h4-9,12,18,24H,10-11,13H2,1-3H3,(H3,21,22,23);1H. The molecule has 0 aromatic heterocycles. The third kappa shape index (κ3) is 7.08. The van der Waals surface area contributed by atoms with Crippen LogP contribution in [-0.2, 0) is 6.42 Å². The lowest BCUT2D eigenvalue weighted by Gasteiger charge is -2.15. The molecule has 2 aromatic carbocycles. The summed E-state index contributed by atoms with van der Waals surface area (Å²) in [7, 11) is 4.76.